The van der Waals surface area contributed by atoms with Crippen molar-refractivity contribution in [2.45, 2.75) is 45.3 Å². The van der Waals surface area contributed by atoms with Gasteiger partial charge in [-0.05, 0) is 61.6 Å². The van der Waals surface area contributed by atoms with Crippen LogP contribution in [0.5, 0.6) is 0 Å². The maximum atomic E-state index is 12.7. The van der Waals surface area contributed by atoms with Gasteiger partial charge in [-0.3, -0.25) is 4.79 Å². The second-order valence-electron chi connectivity index (χ2n) is 7.52. The maximum Gasteiger partial charge on any atom is 0.326 e. The van der Waals surface area contributed by atoms with Crippen LogP contribution in [0.25, 0.3) is 22.4 Å². The highest BCUT2D eigenvalue weighted by Gasteiger charge is 2.23. The van der Waals surface area contributed by atoms with E-state index in [-0.39, 0.29) is 18.6 Å². The Morgan fingerprint density at radius 2 is 1.96 bits per heavy atom. The Morgan fingerprint density at radius 1 is 1.19 bits per heavy atom. The summed E-state index contributed by atoms with van der Waals surface area (Å²) in [7, 11) is 0. The van der Waals surface area contributed by atoms with E-state index in [1.54, 1.807) is 0 Å². The van der Waals surface area contributed by atoms with Crippen LogP contribution in [-0.4, -0.2) is 21.6 Å². The van der Waals surface area contributed by atoms with Gasteiger partial charge in [-0.25, -0.2) is 4.98 Å². The van der Waals surface area contributed by atoms with Crippen LogP contribution in [0.3, 0.4) is 0 Å². The van der Waals surface area contributed by atoms with E-state index in [2.05, 4.69) is 6.92 Å². The van der Waals surface area contributed by atoms with Gasteiger partial charge in [0.2, 0.25) is 0 Å². The number of hydrogen-bond donors (Lipinski definition) is 1. The molecule has 2 aromatic carbocycles. The molecule has 1 aliphatic carbocycles. The molecular formula is C22H25N3O2. The number of anilines is 1. The summed E-state index contributed by atoms with van der Waals surface area (Å²) < 4.78 is 7.73. The summed E-state index contributed by atoms with van der Waals surface area (Å²) in [6.45, 7) is 2.38. The van der Waals surface area contributed by atoms with Crippen molar-refractivity contribution in [2.75, 3.05) is 5.73 Å². The quantitative estimate of drug-likeness (QED) is 0.551. The van der Waals surface area contributed by atoms with Crippen molar-refractivity contribution in [3.05, 3.63) is 48.5 Å². The van der Waals surface area contributed by atoms with Gasteiger partial charge in [0, 0.05) is 11.3 Å². The third-order valence-corrected chi connectivity index (χ3v) is 5.30. The lowest BCUT2D eigenvalue weighted by Gasteiger charge is -2.26. The molecule has 1 aromatic heterocycles. The predicted molar refractivity (Wildman–Crippen MR) is 107 cm³/mol. The molecule has 0 bridgehead atoms. The molecular weight excluding hydrogens is 338 g/mol. The maximum absolute atomic E-state index is 12.7. The van der Waals surface area contributed by atoms with Crippen LogP contribution in [0.15, 0.2) is 48.5 Å². The van der Waals surface area contributed by atoms with Crippen LogP contribution < -0.4 is 5.73 Å². The van der Waals surface area contributed by atoms with Gasteiger partial charge in [-0.1, -0.05) is 25.5 Å². The van der Waals surface area contributed by atoms with Crippen LogP contribution in [-0.2, 0) is 16.1 Å². The van der Waals surface area contributed by atoms with Crippen molar-refractivity contribution in [1.82, 2.24) is 9.55 Å². The zero-order valence-electron chi connectivity index (χ0n) is 15.6. The van der Waals surface area contributed by atoms with E-state index < -0.39 is 0 Å². The summed E-state index contributed by atoms with van der Waals surface area (Å²) >= 11 is 0. The first-order valence-corrected chi connectivity index (χ1v) is 9.61. The number of aromatic nitrogens is 2. The summed E-state index contributed by atoms with van der Waals surface area (Å²) in [5.41, 5.74) is 9.24. The number of para-hydroxylation sites is 2. The average molecular weight is 363 g/mol. The van der Waals surface area contributed by atoms with Crippen LogP contribution in [0.1, 0.15) is 32.6 Å². The van der Waals surface area contributed by atoms with Crippen LogP contribution in [0.4, 0.5) is 5.69 Å². The third kappa shape index (κ3) is 3.82. The summed E-state index contributed by atoms with van der Waals surface area (Å²) in [5.74, 6) is 1.18. The summed E-state index contributed by atoms with van der Waals surface area (Å²) in [6, 6.07) is 15.4. The molecule has 2 atom stereocenters. The molecule has 0 amide bonds. The Labute approximate surface area is 159 Å². The lowest BCUT2D eigenvalue weighted by Crippen LogP contribution is -2.26. The number of ether oxygens (including phenoxy) is 1. The number of benzene rings is 2. The zero-order chi connectivity index (χ0) is 18.8. The number of esters is 1. The van der Waals surface area contributed by atoms with E-state index in [0.29, 0.717) is 11.6 Å². The van der Waals surface area contributed by atoms with Crippen molar-refractivity contribution >= 4 is 22.7 Å². The molecule has 1 saturated carbocycles. The number of carbonyl (C=O) groups is 1. The minimum absolute atomic E-state index is 0.0380. The fraction of sp³-hybridized carbons (Fsp3) is 0.364. The van der Waals surface area contributed by atoms with E-state index in [1.807, 2.05) is 53.1 Å². The largest absolute Gasteiger partial charge is 0.461 e. The number of nitrogens with two attached hydrogens (primary N) is 1. The number of imidazole rings is 1. The number of nitrogen functional groups attached to an aromatic ring is 1. The van der Waals surface area contributed by atoms with E-state index in [1.165, 1.54) is 6.42 Å². The molecule has 140 valence electrons. The van der Waals surface area contributed by atoms with Crippen molar-refractivity contribution in [3.8, 4) is 11.4 Å². The average Bonchev–Trinajstić information content (AvgIpc) is 3.01. The Kier molecular flexibility index (Phi) is 4.84. The molecule has 0 unspecified atom stereocenters. The summed E-state index contributed by atoms with van der Waals surface area (Å²) in [6.07, 6.45) is 4.31. The standard InChI is InChI=1S/C22H25N3O2/c1-15-5-4-6-18(13-15)27-21(26)14-25-20-8-3-2-7-19(20)24-22(25)16-9-11-17(23)12-10-16/h2-3,7-12,15,18H,4-6,13-14,23H2,1H3/t15-,18+/m1/s1. The normalized spacial score (nSPS) is 19.9. The second-order valence-corrected chi connectivity index (χ2v) is 7.52. The van der Waals surface area contributed by atoms with E-state index >= 15 is 0 Å². The van der Waals surface area contributed by atoms with Gasteiger partial charge in [0.1, 0.15) is 18.5 Å². The van der Waals surface area contributed by atoms with E-state index in [4.69, 9.17) is 15.5 Å². The predicted octanol–water partition coefficient (Wildman–Crippen LogP) is 4.41. The highest BCUT2D eigenvalue weighted by molar-refractivity contribution is 5.83. The van der Waals surface area contributed by atoms with Gasteiger partial charge < -0.3 is 15.0 Å². The van der Waals surface area contributed by atoms with Crippen LogP contribution in [0.2, 0.25) is 0 Å². The van der Waals surface area contributed by atoms with E-state index in [9.17, 15) is 4.79 Å². The van der Waals surface area contributed by atoms with Gasteiger partial charge in [0.05, 0.1) is 11.0 Å². The van der Waals surface area contributed by atoms with Crippen molar-refractivity contribution < 1.29 is 9.53 Å². The fourth-order valence-corrected chi connectivity index (χ4v) is 3.93. The van der Waals surface area contributed by atoms with Crippen molar-refractivity contribution in [1.29, 1.82) is 0 Å². The smallest absolute Gasteiger partial charge is 0.326 e. The summed E-state index contributed by atoms with van der Waals surface area (Å²) in [4.78, 5) is 17.4. The van der Waals surface area contributed by atoms with Gasteiger partial charge in [-0.15, -0.1) is 0 Å². The van der Waals surface area contributed by atoms with Gasteiger partial charge in [0.15, 0.2) is 0 Å². The third-order valence-electron chi connectivity index (χ3n) is 5.30. The molecule has 5 nitrogen and oxygen atoms in total. The topological polar surface area (TPSA) is 70.1 Å². The van der Waals surface area contributed by atoms with E-state index in [0.717, 1.165) is 41.7 Å². The monoisotopic (exact) mass is 363 g/mol. The fourth-order valence-electron chi connectivity index (χ4n) is 3.93. The SMILES string of the molecule is C[C@@H]1CCC[C@H](OC(=O)Cn2c(-c3ccc(N)cc3)nc3ccccc32)C1. The van der Waals surface area contributed by atoms with Crippen LogP contribution >= 0.6 is 0 Å². The molecule has 0 saturated heterocycles. The second kappa shape index (κ2) is 7.43. The first-order chi connectivity index (χ1) is 13.1. The molecule has 27 heavy (non-hydrogen) atoms. The number of fused-ring (bicyclic) bond motifs is 1. The zero-order valence-corrected chi connectivity index (χ0v) is 15.6. The van der Waals surface area contributed by atoms with Crippen molar-refractivity contribution in [3.63, 3.8) is 0 Å². The Balaban J connectivity index is 1.62. The number of carbonyl (C=O) groups excluding carboxylic acids is 1. The summed E-state index contributed by atoms with van der Waals surface area (Å²) in [5, 5.41) is 0. The van der Waals surface area contributed by atoms with Gasteiger partial charge in [0.25, 0.3) is 0 Å². The van der Waals surface area contributed by atoms with Crippen LogP contribution in [0, 0.1) is 5.92 Å². The number of rotatable bonds is 4. The van der Waals surface area contributed by atoms with Crippen molar-refractivity contribution in [2.24, 2.45) is 5.92 Å². The Morgan fingerprint density at radius 3 is 2.74 bits per heavy atom. The number of hydrogen-bond acceptors (Lipinski definition) is 4. The first kappa shape index (κ1) is 17.6. The number of nitrogens with zero attached hydrogens (tertiary/aromatic N) is 2. The minimum atomic E-state index is -0.200. The minimum Gasteiger partial charge on any atom is -0.461 e. The highest BCUT2D eigenvalue weighted by Crippen LogP contribution is 2.28. The van der Waals surface area contributed by atoms with Gasteiger partial charge >= 0.3 is 5.97 Å². The molecule has 0 spiro atoms. The first-order valence-electron chi connectivity index (χ1n) is 9.61. The molecule has 1 heterocycles. The lowest BCUT2D eigenvalue weighted by atomic mass is 9.89. The highest BCUT2D eigenvalue weighted by atomic mass is 16.5. The molecule has 0 radical (unpaired) electrons. The molecule has 5 heteroatoms. The molecule has 4 rings (SSSR count). The molecule has 0 aliphatic heterocycles. The molecule has 3 aromatic rings. The molecule has 1 fully saturated rings. The molecule has 1 aliphatic rings. The Hall–Kier alpha value is -2.82. The lowest BCUT2D eigenvalue weighted by molar-refractivity contribution is -0.151. The molecule has 2 N–H and O–H groups in total. The van der Waals surface area contributed by atoms with Gasteiger partial charge in [-0.2, -0.15) is 0 Å². The Bertz CT molecular complexity index is 946.